The lowest BCUT2D eigenvalue weighted by atomic mass is 9.92. The number of carboxylic acids is 1. The molecule has 0 saturated carbocycles. The van der Waals surface area contributed by atoms with Crippen LogP contribution in [0.4, 0.5) is 0 Å². The minimum atomic E-state index is -0.941. The molecule has 0 bridgehead atoms. The molecule has 0 aliphatic rings. The van der Waals surface area contributed by atoms with Crippen LogP contribution in [0.15, 0.2) is 42.5 Å². The highest BCUT2D eigenvalue weighted by Crippen LogP contribution is 2.31. The first-order chi connectivity index (χ1) is 9.49. The molecule has 0 heterocycles. The average Bonchev–Trinajstić information content (AvgIpc) is 2.39. The standard InChI is InChI=1S/C15H11Cl3O2/c16-10-6-5-9(14(18)8-10)7-12(15(19)20)11-3-1-2-4-13(11)17/h1-6,8,12H,7H2,(H,19,20). The lowest BCUT2D eigenvalue weighted by Gasteiger charge is -2.15. The van der Waals surface area contributed by atoms with E-state index in [1.54, 1.807) is 42.5 Å². The molecule has 2 aromatic rings. The molecule has 1 unspecified atom stereocenters. The second-order valence-corrected chi connectivity index (χ2v) is 5.60. The first kappa shape index (κ1) is 15.2. The molecule has 0 aliphatic carbocycles. The van der Waals surface area contributed by atoms with E-state index in [1.807, 2.05) is 0 Å². The summed E-state index contributed by atoms with van der Waals surface area (Å²) in [6, 6.07) is 11.9. The Morgan fingerprint density at radius 1 is 1.05 bits per heavy atom. The average molecular weight is 330 g/mol. The smallest absolute Gasteiger partial charge is 0.311 e. The van der Waals surface area contributed by atoms with Crippen molar-refractivity contribution in [1.29, 1.82) is 0 Å². The summed E-state index contributed by atoms with van der Waals surface area (Å²) in [4.78, 5) is 11.5. The van der Waals surface area contributed by atoms with Crippen molar-refractivity contribution < 1.29 is 9.90 Å². The number of carbonyl (C=O) groups is 1. The third-order valence-electron chi connectivity index (χ3n) is 3.02. The fraction of sp³-hybridized carbons (Fsp3) is 0.133. The lowest BCUT2D eigenvalue weighted by Crippen LogP contribution is -2.15. The van der Waals surface area contributed by atoms with Gasteiger partial charge in [-0.2, -0.15) is 0 Å². The lowest BCUT2D eigenvalue weighted by molar-refractivity contribution is -0.138. The number of aliphatic carboxylic acids is 1. The molecule has 0 fully saturated rings. The van der Waals surface area contributed by atoms with Gasteiger partial charge in [-0.1, -0.05) is 59.1 Å². The van der Waals surface area contributed by atoms with E-state index in [0.29, 0.717) is 20.6 Å². The molecule has 1 atom stereocenters. The van der Waals surface area contributed by atoms with E-state index in [1.165, 1.54) is 0 Å². The first-order valence-corrected chi connectivity index (χ1v) is 7.03. The van der Waals surface area contributed by atoms with Crippen molar-refractivity contribution in [3.63, 3.8) is 0 Å². The van der Waals surface area contributed by atoms with Gasteiger partial charge in [0.1, 0.15) is 0 Å². The normalized spacial score (nSPS) is 12.2. The molecule has 1 N–H and O–H groups in total. The molecule has 5 heteroatoms. The molecule has 0 spiro atoms. The molecule has 2 nitrogen and oxygen atoms in total. The van der Waals surface area contributed by atoms with Gasteiger partial charge in [-0.05, 0) is 35.7 Å². The summed E-state index contributed by atoms with van der Waals surface area (Å²) in [5, 5.41) is 10.8. The first-order valence-electron chi connectivity index (χ1n) is 5.90. The summed E-state index contributed by atoms with van der Waals surface area (Å²) in [7, 11) is 0. The molecule has 0 radical (unpaired) electrons. The highest BCUT2D eigenvalue weighted by Gasteiger charge is 2.23. The van der Waals surface area contributed by atoms with E-state index in [2.05, 4.69) is 0 Å². The number of benzene rings is 2. The third kappa shape index (κ3) is 3.45. The molecular formula is C15H11Cl3O2. The molecule has 2 rings (SSSR count). The second kappa shape index (κ2) is 6.49. The van der Waals surface area contributed by atoms with Gasteiger partial charge in [0, 0.05) is 15.1 Å². The Bertz CT molecular complexity index is 641. The number of hydrogen-bond acceptors (Lipinski definition) is 1. The molecule has 104 valence electrons. The fourth-order valence-corrected chi connectivity index (χ4v) is 2.75. The Morgan fingerprint density at radius 3 is 2.35 bits per heavy atom. The van der Waals surface area contributed by atoms with Crippen molar-refractivity contribution in [2.75, 3.05) is 0 Å². The third-order valence-corrected chi connectivity index (χ3v) is 3.95. The van der Waals surface area contributed by atoms with Crippen molar-refractivity contribution in [3.8, 4) is 0 Å². The quantitative estimate of drug-likeness (QED) is 0.851. The Hall–Kier alpha value is -1.22. The van der Waals surface area contributed by atoms with Crippen molar-refractivity contribution in [2.45, 2.75) is 12.3 Å². The zero-order valence-corrected chi connectivity index (χ0v) is 12.6. The largest absolute Gasteiger partial charge is 0.481 e. The predicted octanol–water partition coefficient (Wildman–Crippen LogP) is 5.06. The van der Waals surface area contributed by atoms with E-state index in [-0.39, 0.29) is 6.42 Å². The van der Waals surface area contributed by atoms with Crippen LogP contribution in [0.1, 0.15) is 17.0 Å². The second-order valence-electron chi connectivity index (χ2n) is 4.35. The fourth-order valence-electron chi connectivity index (χ4n) is 2.00. The van der Waals surface area contributed by atoms with Crippen LogP contribution >= 0.6 is 34.8 Å². The minimum Gasteiger partial charge on any atom is -0.481 e. The highest BCUT2D eigenvalue weighted by molar-refractivity contribution is 6.35. The van der Waals surface area contributed by atoms with Gasteiger partial charge in [0.15, 0.2) is 0 Å². The number of hydrogen-bond donors (Lipinski definition) is 1. The number of halogens is 3. The monoisotopic (exact) mass is 328 g/mol. The molecule has 0 saturated heterocycles. The van der Waals surface area contributed by atoms with E-state index >= 15 is 0 Å². The van der Waals surface area contributed by atoms with Gasteiger partial charge in [0.25, 0.3) is 0 Å². The van der Waals surface area contributed by atoms with Crippen molar-refractivity contribution in [2.24, 2.45) is 0 Å². The van der Waals surface area contributed by atoms with E-state index < -0.39 is 11.9 Å². The van der Waals surface area contributed by atoms with Gasteiger partial charge in [0.05, 0.1) is 5.92 Å². The molecule has 0 aliphatic heterocycles. The van der Waals surface area contributed by atoms with Crippen LogP contribution in [0, 0.1) is 0 Å². The van der Waals surface area contributed by atoms with Crippen LogP contribution in [-0.2, 0) is 11.2 Å². The van der Waals surface area contributed by atoms with Gasteiger partial charge in [-0.25, -0.2) is 0 Å². The summed E-state index contributed by atoms with van der Waals surface area (Å²) >= 11 is 18.0. The molecular weight excluding hydrogens is 319 g/mol. The Labute approximate surface area is 131 Å². The number of carboxylic acid groups (broad SMARTS) is 1. The Balaban J connectivity index is 2.36. The van der Waals surface area contributed by atoms with Crippen molar-refractivity contribution >= 4 is 40.8 Å². The van der Waals surface area contributed by atoms with Crippen LogP contribution in [0.25, 0.3) is 0 Å². The summed E-state index contributed by atoms with van der Waals surface area (Å²) < 4.78 is 0. The topological polar surface area (TPSA) is 37.3 Å². The SMILES string of the molecule is O=C(O)C(Cc1ccc(Cl)cc1Cl)c1ccccc1Cl. The highest BCUT2D eigenvalue weighted by atomic mass is 35.5. The summed E-state index contributed by atoms with van der Waals surface area (Å²) in [5.41, 5.74) is 1.30. The predicted molar refractivity (Wildman–Crippen MR) is 82.0 cm³/mol. The zero-order chi connectivity index (χ0) is 14.7. The van der Waals surface area contributed by atoms with Crippen LogP contribution in [-0.4, -0.2) is 11.1 Å². The Kier molecular flexibility index (Phi) is 4.92. The maximum absolute atomic E-state index is 11.5. The van der Waals surface area contributed by atoms with E-state index in [4.69, 9.17) is 34.8 Å². The maximum Gasteiger partial charge on any atom is 0.311 e. The molecule has 0 amide bonds. The van der Waals surface area contributed by atoms with Crippen LogP contribution in [0.2, 0.25) is 15.1 Å². The minimum absolute atomic E-state index is 0.259. The van der Waals surface area contributed by atoms with Gasteiger partial charge in [-0.3, -0.25) is 4.79 Å². The van der Waals surface area contributed by atoms with E-state index in [9.17, 15) is 9.90 Å². The maximum atomic E-state index is 11.5. The van der Waals surface area contributed by atoms with Gasteiger partial charge < -0.3 is 5.11 Å². The van der Waals surface area contributed by atoms with Gasteiger partial charge >= 0.3 is 5.97 Å². The summed E-state index contributed by atoms with van der Waals surface area (Å²) in [6.45, 7) is 0. The Morgan fingerprint density at radius 2 is 1.75 bits per heavy atom. The van der Waals surface area contributed by atoms with E-state index in [0.717, 1.165) is 5.56 Å². The number of rotatable bonds is 4. The summed E-state index contributed by atoms with van der Waals surface area (Å²) in [6.07, 6.45) is 0.259. The van der Waals surface area contributed by atoms with Crippen molar-refractivity contribution in [3.05, 3.63) is 68.7 Å². The van der Waals surface area contributed by atoms with Crippen LogP contribution in [0.5, 0.6) is 0 Å². The van der Waals surface area contributed by atoms with Crippen molar-refractivity contribution in [1.82, 2.24) is 0 Å². The van der Waals surface area contributed by atoms with Gasteiger partial charge in [0.2, 0.25) is 0 Å². The summed E-state index contributed by atoms with van der Waals surface area (Å²) in [5.74, 6) is -1.69. The molecule has 20 heavy (non-hydrogen) atoms. The van der Waals surface area contributed by atoms with Gasteiger partial charge in [-0.15, -0.1) is 0 Å². The van der Waals surface area contributed by atoms with Crippen LogP contribution < -0.4 is 0 Å². The zero-order valence-electron chi connectivity index (χ0n) is 10.3. The van der Waals surface area contributed by atoms with Crippen LogP contribution in [0.3, 0.4) is 0 Å². The molecule has 2 aromatic carbocycles. The molecule has 0 aromatic heterocycles.